The molecule has 180 valence electrons. The third-order valence-electron chi connectivity index (χ3n) is 4.32. The molecule has 0 fully saturated rings. The Morgan fingerprint density at radius 1 is 1.03 bits per heavy atom. The summed E-state index contributed by atoms with van der Waals surface area (Å²) in [5, 5.41) is -0.227. The highest BCUT2D eigenvalue weighted by Gasteiger charge is 2.40. The monoisotopic (exact) mass is 480 g/mol. The Morgan fingerprint density at radius 2 is 1.71 bits per heavy atom. The van der Waals surface area contributed by atoms with Gasteiger partial charge in [-0.25, -0.2) is 9.59 Å². The molecule has 0 aliphatic heterocycles. The van der Waals surface area contributed by atoms with Crippen LogP contribution >= 0.6 is 0 Å². The van der Waals surface area contributed by atoms with Gasteiger partial charge >= 0.3 is 18.1 Å². The summed E-state index contributed by atoms with van der Waals surface area (Å²) in [5.41, 5.74) is -1.38. The third-order valence-corrected chi connectivity index (χ3v) is 4.32. The number of halogens is 3. The molecule has 0 saturated heterocycles. The molecule has 34 heavy (non-hydrogen) atoms. The van der Waals surface area contributed by atoms with Gasteiger partial charge in [-0.3, -0.25) is 4.79 Å². The zero-order chi connectivity index (χ0) is 24.9. The number of ether oxygens (including phenoxy) is 4. The van der Waals surface area contributed by atoms with E-state index in [-0.39, 0.29) is 35.7 Å². The van der Waals surface area contributed by atoms with E-state index in [2.05, 4.69) is 4.74 Å². The summed E-state index contributed by atoms with van der Waals surface area (Å²) in [5.74, 6) is -4.40. The molecule has 8 nitrogen and oxygen atoms in total. The van der Waals surface area contributed by atoms with Gasteiger partial charge in [-0.1, -0.05) is 6.92 Å². The molecule has 2 aromatic carbocycles. The molecule has 0 spiro atoms. The minimum Gasteiger partial charge on any atom is -0.462 e. The first-order valence-corrected chi connectivity index (χ1v) is 9.96. The van der Waals surface area contributed by atoms with Crippen molar-refractivity contribution in [2.45, 2.75) is 19.5 Å². The minimum atomic E-state index is -5.07. The van der Waals surface area contributed by atoms with Crippen LogP contribution in [-0.2, 0) is 20.4 Å². The lowest BCUT2D eigenvalue weighted by Gasteiger charge is -2.14. The minimum absolute atomic E-state index is 0.130. The van der Waals surface area contributed by atoms with Crippen molar-refractivity contribution in [3.05, 3.63) is 64.0 Å². The van der Waals surface area contributed by atoms with Gasteiger partial charge in [-0.2, -0.15) is 13.2 Å². The van der Waals surface area contributed by atoms with Gasteiger partial charge in [0.1, 0.15) is 23.7 Å². The van der Waals surface area contributed by atoms with Crippen LogP contribution in [0.25, 0.3) is 11.0 Å². The fourth-order valence-electron chi connectivity index (χ4n) is 2.83. The second-order valence-electron chi connectivity index (χ2n) is 6.91. The number of fused-ring (bicyclic) bond motifs is 1. The highest BCUT2D eigenvalue weighted by Crippen LogP contribution is 2.38. The Labute approximate surface area is 190 Å². The van der Waals surface area contributed by atoms with Crippen molar-refractivity contribution in [2.75, 3.05) is 20.3 Å². The molecular weight excluding hydrogens is 461 g/mol. The third kappa shape index (κ3) is 5.73. The number of methoxy groups -OCH3 is 1. The van der Waals surface area contributed by atoms with Crippen LogP contribution in [0.15, 0.2) is 51.7 Å². The number of benzene rings is 2. The number of rotatable bonds is 8. The first-order valence-electron chi connectivity index (χ1n) is 9.96. The van der Waals surface area contributed by atoms with Crippen molar-refractivity contribution in [1.29, 1.82) is 0 Å². The lowest BCUT2D eigenvalue weighted by molar-refractivity contribution is -0.154. The zero-order valence-corrected chi connectivity index (χ0v) is 18.1. The standard InChI is InChI=1S/C23H19F3O8/c1-3-10-31-22(29)13-4-6-14(7-5-13)33-20-19(28)16-9-8-15(32-18(27)12-30-2)11-17(16)34-21(20)23(24,25)26/h4-9,11H,3,10,12H2,1-2H3. The van der Waals surface area contributed by atoms with Crippen molar-refractivity contribution in [3.63, 3.8) is 0 Å². The lowest BCUT2D eigenvalue weighted by atomic mass is 10.2. The van der Waals surface area contributed by atoms with Crippen LogP contribution in [0.2, 0.25) is 0 Å². The van der Waals surface area contributed by atoms with E-state index in [4.69, 9.17) is 18.6 Å². The molecule has 0 saturated carbocycles. The second-order valence-corrected chi connectivity index (χ2v) is 6.91. The number of carbonyl (C=O) groups excluding carboxylic acids is 2. The maximum Gasteiger partial charge on any atom is 0.453 e. The molecule has 0 bridgehead atoms. The van der Waals surface area contributed by atoms with Crippen LogP contribution in [0, 0.1) is 0 Å². The van der Waals surface area contributed by atoms with Crippen LogP contribution in [-0.4, -0.2) is 32.3 Å². The fraction of sp³-hybridized carbons (Fsp3) is 0.261. The first kappa shape index (κ1) is 24.8. The van der Waals surface area contributed by atoms with E-state index in [1.54, 1.807) is 0 Å². The first-order chi connectivity index (χ1) is 16.1. The van der Waals surface area contributed by atoms with E-state index in [1.165, 1.54) is 37.4 Å². The summed E-state index contributed by atoms with van der Waals surface area (Å²) in [7, 11) is 1.27. The summed E-state index contributed by atoms with van der Waals surface area (Å²) >= 11 is 0. The van der Waals surface area contributed by atoms with Gasteiger partial charge in [0.2, 0.25) is 11.2 Å². The Bertz CT molecular complexity index is 1250. The summed E-state index contributed by atoms with van der Waals surface area (Å²) in [6.45, 7) is 1.67. The van der Waals surface area contributed by atoms with Crippen molar-refractivity contribution in [3.8, 4) is 17.2 Å². The predicted octanol–water partition coefficient (Wildman–Crippen LogP) is 4.72. The highest BCUT2D eigenvalue weighted by molar-refractivity contribution is 5.89. The quantitative estimate of drug-likeness (QED) is 0.337. The summed E-state index contributed by atoms with van der Waals surface area (Å²) < 4.78 is 65.8. The van der Waals surface area contributed by atoms with Crippen molar-refractivity contribution in [2.24, 2.45) is 0 Å². The fourth-order valence-corrected chi connectivity index (χ4v) is 2.83. The average molecular weight is 480 g/mol. The molecule has 1 aromatic heterocycles. The second kappa shape index (κ2) is 10.4. The van der Waals surface area contributed by atoms with Crippen LogP contribution in [0.3, 0.4) is 0 Å². The van der Waals surface area contributed by atoms with Gasteiger partial charge < -0.3 is 23.4 Å². The molecular formula is C23H19F3O8. The summed E-state index contributed by atoms with van der Waals surface area (Å²) in [6.07, 6.45) is -4.45. The van der Waals surface area contributed by atoms with Gasteiger partial charge in [0, 0.05) is 13.2 Å². The molecule has 0 atom stereocenters. The molecule has 0 radical (unpaired) electrons. The number of hydrogen-bond donors (Lipinski definition) is 0. The molecule has 0 N–H and O–H groups in total. The number of esters is 2. The summed E-state index contributed by atoms with van der Waals surface area (Å²) in [6, 6.07) is 8.40. The van der Waals surface area contributed by atoms with E-state index < -0.39 is 40.6 Å². The Hall–Kier alpha value is -3.86. The summed E-state index contributed by atoms with van der Waals surface area (Å²) in [4.78, 5) is 36.3. The van der Waals surface area contributed by atoms with Gasteiger partial charge in [0.05, 0.1) is 17.6 Å². The predicted molar refractivity (Wildman–Crippen MR) is 112 cm³/mol. The molecule has 1 heterocycles. The van der Waals surface area contributed by atoms with Crippen LogP contribution in [0.1, 0.15) is 29.5 Å². The molecule has 0 unspecified atom stereocenters. The van der Waals surface area contributed by atoms with Gasteiger partial charge in [0.15, 0.2) is 0 Å². The largest absolute Gasteiger partial charge is 0.462 e. The topological polar surface area (TPSA) is 101 Å². The molecule has 3 rings (SSSR count). The lowest BCUT2D eigenvalue weighted by Crippen LogP contribution is -2.16. The van der Waals surface area contributed by atoms with E-state index in [9.17, 15) is 27.6 Å². The maximum absolute atomic E-state index is 13.7. The number of hydrogen-bond acceptors (Lipinski definition) is 8. The Kier molecular flexibility index (Phi) is 7.57. The van der Waals surface area contributed by atoms with Crippen LogP contribution in [0.5, 0.6) is 17.2 Å². The maximum atomic E-state index is 13.7. The van der Waals surface area contributed by atoms with E-state index in [1.807, 2.05) is 6.92 Å². The van der Waals surface area contributed by atoms with Crippen molar-refractivity contribution in [1.82, 2.24) is 0 Å². The average Bonchev–Trinajstić information content (AvgIpc) is 2.79. The highest BCUT2D eigenvalue weighted by atomic mass is 19.4. The van der Waals surface area contributed by atoms with Crippen LogP contribution < -0.4 is 14.9 Å². The van der Waals surface area contributed by atoms with E-state index in [0.717, 1.165) is 12.1 Å². The Morgan fingerprint density at radius 3 is 2.32 bits per heavy atom. The van der Waals surface area contributed by atoms with Gasteiger partial charge in [-0.15, -0.1) is 0 Å². The van der Waals surface area contributed by atoms with E-state index in [0.29, 0.717) is 6.42 Å². The van der Waals surface area contributed by atoms with Gasteiger partial charge in [-0.05, 0) is 42.8 Å². The molecule has 0 amide bonds. The number of carbonyl (C=O) groups is 2. The normalized spacial score (nSPS) is 11.3. The zero-order valence-electron chi connectivity index (χ0n) is 18.1. The Balaban J connectivity index is 1.98. The SMILES string of the molecule is CCCOC(=O)c1ccc(Oc2c(C(F)(F)F)oc3cc(OC(=O)COC)ccc3c2=O)cc1. The molecule has 0 aliphatic carbocycles. The molecule has 11 heteroatoms. The van der Waals surface area contributed by atoms with Crippen LogP contribution in [0.4, 0.5) is 13.2 Å². The van der Waals surface area contributed by atoms with E-state index >= 15 is 0 Å². The van der Waals surface area contributed by atoms with Crippen molar-refractivity contribution >= 4 is 22.9 Å². The smallest absolute Gasteiger partial charge is 0.453 e. The molecule has 3 aromatic rings. The molecule has 0 aliphatic rings. The van der Waals surface area contributed by atoms with Crippen molar-refractivity contribution < 1.29 is 46.1 Å². The van der Waals surface area contributed by atoms with Gasteiger partial charge in [0.25, 0.3) is 5.76 Å². The number of alkyl halides is 3.